The van der Waals surface area contributed by atoms with Crippen molar-refractivity contribution < 1.29 is 4.74 Å². The van der Waals surface area contributed by atoms with Crippen LogP contribution in [-0.4, -0.2) is 6.04 Å². The van der Waals surface area contributed by atoms with E-state index in [4.69, 9.17) is 4.74 Å². The van der Waals surface area contributed by atoms with Crippen LogP contribution in [0, 0.1) is 5.92 Å². The van der Waals surface area contributed by atoms with Gasteiger partial charge in [-0.1, -0.05) is 36.4 Å². The highest BCUT2D eigenvalue weighted by Gasteiger charge is 2.33. The van der Waals surface area contributed by atoms with E-state index < -0.39 is 0 Å². The van der Waals surface area contributed by atoms with E-state index in [9.17, 15) is 0 Å². The highest BCUT2D eigenvalue weighted by atomic mass is 16.5. The van der Waals surface area contributed by atoms with Crippen LogP contribution in [0.3, 0.4) is 0 Å². The Bertz CT molecular complexity index is 587. The van der Waals surface area contributed by atoms with Crippen LogP contribution in [0.2, 0.25) is 0 Å². The molecule has 2 aliphatic rings. The number of benzene rings is 2. The van der Waals surface area contributed by atoms with Gasteiger partial charge in [-0.25, -0.2) is 0 Å². The van der Waals surface area contributed by atoms with Crippen LogP contribution in [-0.2, 0) is 0 Å². The maximum absolute atomic E-state index is 6.03. The fourth-order valence-electron chi connectivity index (χ4n) is 3.08. The first kappa shape index (κ1) is 12.0. The summed E-state index contributed by atoms with van der Waals surface area (Å²) in [4.78, 5) is 0. The van der Waals surface area contributed by atoms with Gasteiger partial charge in [0.25, 0.3) is 0 Å². The summed E-state index contributed by atoms with van der Waals surface area (Å²) in [7, 11) is 0. The van der Waals surface area contributed by atoms with Crippen molar-refractivity contribution in [3.63, 3.8) is 0 Å². The van der Waals surface area contributed by atoms with Crippen LogP contribution in [0.1, 0.15) is 36.9 Å². The minimum atomic E-state index is 0.242. The first-order valence-corrected chi connectivity index (χ1v) is 7.44. The zero-order chi connectivity index (χ0) is 13.5. The third-order valence-electron chi connectivity index (χ3n) is 4.44. The lowest BCUT2D eigenvalue weighted by atomic mass is 9.93. The predicted molar refractivity (Wildman–Crippen MR) is 80.1 cm³/mol. The summed E-state index contributed by atoms with van der Waals surface area (Å²) < 4.78 is 6.03. The molecule has 4 rings (SSSR count). The first-order valence-electron chi connectivity index (χ1n) is 7.44. The lowest BCUT2D eigenvalue weighted by molar-refractivity contribution is 0.397. The smallest absolute Gasteiger partial charge is 0.132 e. The quantitative estimate of drug-likeness (QED) is 0.894. The number of hydrogen-bond donors (Lipinski definition) is 1. The predicted octanol–water partition coefficient (Wildman–Crippen LogP) is 4.27. The highest BCUT2D eigenvalue weighted by Crippen LogP contribution is 2.43. The summed E-state index contributed by atoms with van der Waals surface area (Å²) in [6.07, 6.45) is 2.72. The van der Waals surface area contributed by atoms with Gasteiger partial charge in [-0.3, -0.25) is 0 Å². The molecule has 1 N–H and O–H groups in total. The third-order valence-corrected chi connectivity index (χ3v) is 4.44. The summed E-state index contributed by atoms with van der Waals surface area (Å²) in [5.74, 6) is 2.80. The molecule has 0 saturated heterocycles. The van der Waals surface area contributed by atoms with Crippen molar-refractivity contribution in [3.8, 4) is 11.5 Å². The molecule has 1 fully saturated rings. The van der Waals surface area contributed by atoms with Gasteiger partial charge in [0, 0.05) is 17.2 Å². The Kier molecular flexibility index (Phi) is 2.78. The Balaban J connectivity index is 1.75. The molecule has 0 aromatic heterocycles. The van der Waals surface area contributed by atoms with Crippen molar-refractivity contribution in [2.75, 3.05) is 0 Å². The normalized spacial score (nSPS) is 18.9. The van der Waals surface area contributed by atoms with E-state index in [0.29, 0.717) is 6.04 Å². The minimum absolute atomic E-state index is 0.242. The van der Waals surface area contributed by atoms with E-state index in [2.05, 4.69) is 48.6 Å². The van der Waals surface area contributed by atoms with Gasteiger partial charge in [0.1, 0.15) is 11.5 Å². The molecular formula is C18H19NO. The zero-order valence-corrected chi connectivity index (χ0v) is 11.7. The van der Waals surface area contributed by atoms with E-state index in [0.717, 1.165) is 17.4 Å². The van der Waals surface area contributed by atoms with Crippen molar-refractivity contribution in [1.82, 2.24) is 5.32 Å². The summed E-state index contributed by atoms with van der Waals surface area (Å²) in [5, 5.41) is 3.81. The average molecular weight is 265 g/mol. The van der Waals surface area contributed by atoms with Crippen LogP contribution in [0.4, 0.5) is 0 Å². The molecule has 102 valence electrons. The van der Waals surface area contributed by atoms with Crippen molar-refractivity contribution in [1.29, 1.82) is 0 Å². The second-order valence-electron chi connectivity index (χ2n) is 5.90. The zero-order valence-electron chi connectivity index (χ0n) is 11.7. The van der Waals surface area contributed by atoms with Gasteiger partial charge in [-0.05, 0) is 37.8 Å². The molecule has 0 radical (unpaired) electrons. The molecule has 1 heterocycles. The fourth-order valence-corrected chi connectivity index (χ4v) is 3.08. The number of fused-ring (bicyclic) bond motifs is 2. The van der Waals surface area contributed by atoms with Gasteiger partial charge in [-0.15, -0.1) is 0 Å². The lowest BCUT2D eigenvalue weighted by Crippen LogP contribution is -2.34. The van der Waals surface area contributed by atoms with Crippen molar-refractivity contribution >= 4 is 0 Å². The van der Waals surface area contributed by atoms with Crippen molar-refractivity contribution in [3.05, 3.63) is 59.7 Å². The molecule has 20 heavy (non-hydrogen) atoms. The van der Waals surface area contributed by atoms with E-state index in [1.165, 1.54) is 24.0 Å². The van der Waals surface area contributed by atoms with Crippen molar-refractivity contribution in [2.45, 2.75) is 31.8 Å². The highest BCUT2D eigenvalue weighted by molar-refractivity contribution is 5.52. The Hall–Kier alpha value is -1.80. The standard InChI is InChI=1S/C18H19NO/c1-12(13-10-11-13)19-18-14-6-2-4-8-16(14)20-17-9-5-3-7-15(17)18/h2-9,12-13,18-19H,10-11H2,1H3. The maximum Gasteiger partial charge on any atom is 0.132 e. The molecule has 1 aliphatic carbocycles. The van der Waals surface area contributed by atoms with E-state index in [1.54, 1.807) is 0 Å². The second-order valence-corrected chi connectivity index (χ2v) is 5.90. The average Bonchev–Trinajstić information content (AvgIpc) is 3.31. The van der Waals surface area contributed by atoms with Crippen LogP contribution in [0.25, 0.3) is 0 Å². The van der Waals surface area contributed by atoms with Crippen LogP contribution in [0.15, 0.2) is 48.5 Å². The van der Waals surface area contributed by atoms with Crippen LogP contribution in [0.5, 0.6) is 11.5 Å². The molecule has 1 atom stereocenters. The SMILES string of the molecule is CC(NC1c2ccccc2Oc2ccccc21)C1CC1. The van der Waals surface area contributed by atoms with Crippen molar-refractivity contribution in [2.24, 2.45) is 5.92 Å². The molecule has 0 bridgehead atoms. The fraction of sp³-hybridized carbons (Fsp3) is 0.333. The molecule has 2 nitrogen and oxygen atoms in total. The molecule has 0 amide bonds. The molecule has 1 aliphatic heterocycles. The summed E-state index contributed by atoms with van der Waals surface area (Å²) in [6, 6.07) is 17.5. The number of rotatable bonds is 3. The molecule has 2 aromatic carbocycles. The summed E-state index contributed by atoms with van der Waals surface area (Å²) >= 11 is 0. The first-order chi connectivity index (χ1) is 9.83. The Labute approximate surface area is 119 Å². The van der Waals surface area contributed by atoms with Gasteiger partial charge in [0.2, 0.25) is 0 Å². The van der Waals surface area contributed by atoms with E-state index >= 15 is 0 Å². The molecule has 0 spiro atoms. The minimum Gasteiger partial charge on any atom is -0.457 e. The monoisotopic (exact) mass is 265 g/mol. The number of ether oxygens (including phenoxy) is 1. The van der Waals surface area contributed by atoms with Gasteiger partial charge in [-0.2, -0.15) is 0 Å². The number of hydrogen-bond acceptors (Lipinski definition) is 2. The molecule has 2 heteroatoms. The van der Waals surface area contributed by atoms with Crippen LogP contribution >= 0.6 is 0 Å². The van der Waals surface area contributed by atoms with Crippen LogP contribution < -0.4 is 10.1 Å². The second kappa shape index (κ2) is 4.64. The molecule has 1 saturated carbocycles. The van der Waals surface area contributed by atoms with Gasteiger partial charge in [0.15, 0.2) is 0 Å². The Morgan fingerprint density at radius 3 is 2.05 bits per heavy atom. The van der Waals surface area contributed by atoms with Gasteiger partial charge >= 0.3 is 0 Å². The molecule has 1 unspecified atom stereocenters. The number of para-hydroxylation sites is 2. The Morgan fingerprint density at radius 1 is 0.950 bits per heavy atom. The van der Waals surface area contributed by atoms with E-state index in [1.807, 2.05) is 12.1 Å². The third kappa shape index (κ3) is 2.01. The van der Waals surface area contributed by atoms with E-state index in [-0.39, 0.29) is 6.04 Å². The molecule has 2 aromatic rings. The van der Waals surface area contributed by atoms with Gasteiger partial charge < -0.3 is 10.1 Å². The largest absolute Gasteiger partial charge is 0.457 e. The topological polar surface area (TPSA) is 21.3 Å². The lowest BCUT2D eigenvalue weighted by Gasteiger charge is -2.31. The summed E-state index contributed by atoms with van der Waals surface area (Å²) in [6.45, 7) is 2.30. The van der Waals surface area contributed by atoms with Gasteiger partial charge in [0.05, 0.1) is 6.04 Å². The maximum atomic E-state index is 6.03. The molecular weight excluding hydrogens is 246 g/mol. The Morgan fingerprint density at radius 2 is 1.50 bits per heavy atom. The number of nitrogens with one attached hydrogen (secondary N) is 1. The summed E-state index contributed by atoms with van der Waals surface area (Å²) in [5.41, 5.74) is 2.50.